The Morgan fingerprint density at radius 2 is 2.00 bits per heavy atom. The van der Waals surface area contributed by atoms with Crippen LogP contribution in [0.4, 0.5) is 0 Å². The number of H-pyrrole nitrogens is 1. The highest BCUT2D eigenvalue weighted by atomic mass is 16.5. The van der Waals surface area contributed by atoms with Crippen molar-refractivity contribution in [2.45, 2.75) is 12.8 Å². The first-order chi connectivity index (χ1) is 13.3. The van der Waals surface area contributed by atoms with Crippen LogP contribution >= 0.6 is 0 Å². The number of guanidine groups is 1. The lowest BCUT2D eigenvalue weighted by Crippen LogP contribution is -2.39. The van der Waals surface area contributed by atoms with E-state index in [1.165, 1.54) is 0 Å². The number of benzene rings is 1. The summed E-state index contributed by atoms with van der Waals surface area (Å²) >= 11 is 0. The van der Waals surface area contributed by atoms with Gasteiger partial charge in [0, 0.05) is 26.6 Å². The first-order valence-corrected chi connectivity index (χ1v) is 8.92. The maximum atomic E-state index is 5.67. The van der Waals surface area contributed by atoms with Crippen molar-refractivity contribution in [1.29, 1.82) is 0 Å². The quantitative estimate of drug-likeness (QED) is 0.304. The van der Waals surface area contributed by atoms with Crippen LogP contribution in [0.3, 0.4) is 0 Å². The van der Waals surface area contributed by atoms with Gasteiger partial charge >= 0.3 is 0 Å². The minimum absolute atomic E-state index is 0.566. The Labute approximate surface area is 158 Å². The van der Waals surface area contributed by atoms with Crippen molar-refractivity contribution in [1.82, 2.24) is 25.8 Å². The van der Waals surface area contributed by atoms with E-state index in [1.54, 1.807) is 13.3 Å². The number of ether oxygens (including phenoxy) is 1. The molecule has 0 saturated carbocycles. The van der Waals surface area contributed by atoms with Gasteiger partial charge in [-0.05, 0) is 30.7 Å². The smallest absolute Gasteiger partial charge is 0.216 e. The number of aliphatic imine (C=N–C) groups is 1. The summed E-state index contributed by atoms with van der Waals surface area (Å²) in [5.74, 6) is 3.65. The first kappa shape index (κ1) is 18.5. The van der Waals surface area contributed by atoms with E-state index in [1.807, 2.05) is 42.5 Å². The van der Waals surface area contributed by atoms with E-state index >= 15 is 0 Å². The van der Waals surface area contributed by atoms with E-state index in [-0.39, 0.29) is 0 Å². The highest BCUT2D eigenvalue weighted by Gasteiger charge is 2.08. The molecule has 2 aromatic heterocycles. The van der Waals surface area contributed by atoms with Crippen LogP contribution in [0.15, 0.2) is 58.1 Å². The Balaban J connectivity index is 1.31. The third-order valence-corrected chi connectivity index (χ3v) is 3.78. The van der Waals surface area contributed by atoms with Crippen LogP contribution in [0.1, 0.15) is 12.2 Å². The van der Waals surface area contributed by atoms with Crippen LogP contribution in [-0.2, 0) is 6.42 Å². The third-order valence-electron chi connectivity index (χ3n) is 3.78. The molecule has 0 atom stereocenters. The molecule has 0 unspecified atom stereocenters. The van der Waals surface area contributed by atoms with Crippen LogP contribution in [0.25, 0.3) is 11.6 Å². The minimum Gasteiger partial charge on any atom is -0.494 e. The normalized spacial score (nSPS) is 11.4. The molecule has 1 aromatic carbocycles. The molecule has 8 heteroatoms. The topological polar surface area (TPSA) is 100 Å². The van der Waals surface area contributed by atoms with Gasteiger partial charge in [-0.3, -0.25) is 10.1 Å². The molecule has 8 nitrogen and oxygen atoms in total. The lowest BCUT2D eigenvalue weighted by molar-refractivity contribution is 0.311. The van der Waals surface area contributed by atoms with Crippen LogP contribution < -0.4 is 15.4 Å². The van der Waals surface area contributed by atoms with Crippen LogP contribution in [0, 0.1) is 0 Å². The fourth-order valence-electron chi connectivity index (χ4n) is 2.43. The Kier molecular flexibility index (Phi) is 6.85. The van der Waals surface area contributed by atoms with Gasteiger partial charge in [-0.2, -0.15) is 5.10 Å². The summed E-state index contributed by atoms with van der Waals surface area (Å²) in [4.78, 5) is 8.63. The maximum absolute atomic E-state index is 5.67. The molecule has 0 bridgehead atoms. The number of para-hydroxylation sites is 1. The zero-order valence-electron chi connectivity index (χ0n) is 15.3. The summed E-state index contributed by atoms with van der Waals surface area (Å²) in [6.45, 7) is 2.12. The van der Waals surface area contributed by atoms with E-state index in [0.717, 1.165) is 30.5 Å². The summed E-state index contributed by atoms with van der Waals surface area (Å²) in [6, 6.07) is 13.5. The van der Waals surface area contributed by atoms with Crippen molar-refractivity contribution in [3.63, 3.8) is 0 Å². The molecule has 0 spiro atoms. The molecular weight excluding hydrogens is 344 g/mol. The van der Waals surface area contributed by atoms with Gasteiger partial charge in [0.1, 0.15) is 11.6 Å². The van der Waals surface area contributed by atoms with Gasteiger partial charge < -0.3 is 19.8 Å². The maximum Gasteiger partial charge on any atom is 0.216 e. The number of aromatic amines is 1. The van der Waals surface area contributed by atoms with Gasteiger partial charge in [0.05, 0.1) is 12.9 Å². The van der Waals surface area contributed by atoms with Crippen molar-refractivity contribution in [2.24, 2.45) is 4.99 Å². The summed E-state index contributed by atoms with van der Waals surface area (Å²) in [6.07, 6.45) is 3.18. The highest BCUT2D eigenvalue weighted by Crippen LogP contribution is 2.14. The Bertz CT molecular complexity index is 814. The molecule has 0 fully saturated rings. The molecule has 0 saturated heterocycles. The Hall–Kier alpha value is -3.29. The molecule has 0 aliphatic carbocycles. The van der Waals surface area contributed by atoms with Gasteiger partial charge in [-0.25, -0.2) is 4.98 Å². The van der Waals surface area contributed by atoms with Crippen molar-refractivity contribution >= 4 is 5.96 Å². The number of nitrogens with one attached hydrogen (secondary N) is 3. The number of rotatable bonds is 9. The average Bonchev–Trinajstić information content (AvgIpc) is 3.39. The standard InChI is InChI=1S/C19H24N6O2/c1-20-19(21-11-6-14-26-15-7-3-2-4-8-15)22-12-10-17-23-18(25-24-17)16-9-5-13-27-16/h2-5,7-9,13H,6,10-12,14H2,1H3,(H2,20,21,22)(H,23,24,25). The monoisotopic (exact) mass is 368 g/mol. The first-order valence-electron chi connectivity index (χ1n) is 8.92. The second-order valence-corrected chi connectivity index (χ2v) is 5.77. The van der Waals surface area contributed by atoms with Gasteiger partial charge in [-0.15, -0.1) is 0 Å². The molecule has 3 aromatic rings. The lowest BCUT2D eigenvalue weighted by Gasteiger charge is -2.11. The SMILES string of the molecule is CN=C(NCCCOc1ccccc1)NCCc1nc(-c2ccco2)n[nH]1. The molecule has 142 valence electrons. The minimum atomic E-state index is 0.566. The molecule has 0 amide bonds. The highest BCUT2D eigenvalue weighted by molar-refractivity contribution is 5.79. The molecule has 0 radical (unpaired) electrons. The van der Waals surface area contributed by atoms with Gasteiger partial charge in [0.2, 0.25) is 5.82 Å². The van der Waals surface area contributed by atoms with Gasteiger partial charge in [-0.1, -0.05) is 18.2 Å². The lowest BCUT2D eigenvalue weighted by atomic mass is 10.3. The second-order valence-electron chi connectivity index (χ2n) is 5.77. The van der Waals surface area contributed by atoms with Crippen LogP contribution in [-0.4, -0.2) is 47.9 Å². The van der Waals surface area contributed by atoms with E-state index in [0.29, 0.717) is 31.2 Å². The Morgan fingerprint density at radius 1 is 1.15 bits per heavy atom. The average molecular weight is 368 g/mol. The number of furan rings is 1. The van der Waals surface area contributed by atoms with E-state index in [2.05, 4.69) is 30.8 Å². The van der Waals surface area contributed by atoms with Crippen LogP contribution in [0.2, 0.25) is 0 Å². The fraction of sp³-hybridized carbons (Fsp3) is 0.316. The summed E-state index contributed by atoms with van der Waals surface area (Å²) in [7, 11) is 1.75. The predicted molar refractivity (Wildman–Crippen MR) is 104 cm³/mol. The largest absolute Gasteiger partial charge is 0.494 e. The number of nitrogens with zero attached hydrogens (tertiary/aromatic N) is 3. The van der Waals surface area contributed by atoms with Crippen LogP contribution in [0.5, 0.6) is 5.75 Å². The summed E-state index contributed by atoms with van der Waals surface area (Å²) < 4.78 is 11.0. The van der Waals surface area contributed by atoms with Crippen molar-refractivity contribution in [2.75, 3.05) is 26.7 Å². The van der Waals surface area contributed by atoms with Crippen molar-refractivity contribution in [3.8, 4) is 17.3 Å². The van der Waals surface area contributed by atoms with Crippen molar-refractivity contribution in [3.05, 3.63) is 54.6 Å². The molecule has 27 heavy (non-hydrogen) atoms. The number of hydrogen-bond donors (Lipinski definition) is 3. The molecule has 2 heterocycles. The molecule has 3 rings (SSSR count). The van der Waals surface area contributed by atoms with E-state index in [9.17, 15) is 0 Å². The molecular formula is C19H24N6O2. The molecule has 0 aliphatic rings. The number of aromatic nitrogens is 3. The second kappa shape index (κ2) is 10.0. The molecule has 3 N–H and O–H groups in total. The van der Waals surface area contributed by atoms with Gasteiger partial charge in [0.15, 0.2) is 11.7 Å². The summed E-state index contributed by atoms with van der Waals surface area (Å²) in [5, 5.41) is 13.6. The van der Waals surface area contributed by atoms with E-state index in [4.69, 9.17) is 9.15 Å². The Morgan fingerprint density at radius 3 is 2.78 bits per heavy atom. The third kappa shape index (κ3) is 5.88. The molecule has 0 aliphatic heterocycles. The zero-order valence-corrected chi connectivity index (χ0v) is 15.3. The zero-order chi connectivity index (χ0) is 18.7. The number of hydrogen-bond acceptors (Lipinski definition) is 5. The summed E-state index contributed by atoms with van der Waals surface area (Å²) in [5.41, 5.74) is 0. The predicted octanol–water partition coefficient (Wildman–Crippen LogP) is 2.24. The fourth-order valence-corrected chi connectivity index (χ4v) is 2.43. The van der Waals surface area contributed by atoms with Crippen molar-refractivity contribution < 1.29 is 9.15 Å². The van der Waals surface area contributed by atoms with Gasteiger partial charge in [0.25, 0.3) is 0 Å². The van der Waals surface area contributed by atoms with E-state index < -0.39 is 0 Å².